The molecule has 6 aromatic carbocycles. The summed E-state index contributed by atoms with van der Waals surface area (Å²) in [6.07, 6.45) is 0. The van der Waals surface area contributed by atoms with E-state index in [2.05, 4.69) is 9.80 Å². The SMILES string of the molecule is Oc1cc(N(c2ccccc2)c2ccccc2)ccc1-c1ccc(N(c2ccccc2)c2ccccc2)cc1O. The van der Waals surface area contributed by atoms with Gasteiger partial charge in [0.25, 0.3) is 0 Å². The zero-order valence-corrected chi connectivity index (χ0v) is 21.8. The van der Waals surface area contributed by atoms with Crippen LogP contribution in [0.4, 0.5) is 34.1 Å². The molecule has 0 heterocycles. The molecule has 6 rings (SSSR count). The summed E-state index contributed by atoms with van der Waals surface area (Å²) in [6, 6.07) is 51.3. The number of phenolic OH excluding ortho intramolecular Hbond substituents is 2. The van der Waals surface area contributed by atoms with Gasteiger partial charge in [0.1, 0.15) is 11.5 Å². The molecule has 6 aromatic rings. The van der Waals surface area contributed by atoms with Gasteiger partial charge in [-0.3, -0.25) is 0 Å². The predicted octanol–water partition coefficient (Wildman–Crippen LogP) is 9.70. The third-order valence-corrected chi connectivity index (χ3v) is 6.83. The number of hydrogen-bond acceptors (Lipinski definition) is 4. The van der Waals surface area contributed by atoms with Gasteiger partial charge in [-0.05, 0) is 72.8 Å². The molecule has 0 spiro atoms. The topological polar surface area (TPSA) is 46.9 Å². The molecule has 0 aliphatic carbocycles. The van der Waals surface area contributed by atoms with Gasteiger partial charge in [0.05, 0.1) is 0 Å². The van der Waals surface area contributed by atoms with E-state index in [4.69, 9.17) is 0 Å². The van der Waals surface area contributed by atoms with Gasteiger partial charge in [0.15, 0.2) is 0 Å². The second-order valence-corrected chi connectivity index (χ2v) is 9.42. The van der Waals surface area contributed by atoms with Gasteiger partial charge >= 0.3 is 0 Å². The molecule has 0 aromatic heterocycles. The minimum absolute atomic E-state index is 0.0837. The van der Waals surface area contributed by atoms with Crippen molar-refractivity contribution in [2.45, 2.75) is 0 Å². The molecule has 194 valence electrons. The molecule has 0 saturated carbocycles. The molecule has 2 N–H and O–H groups in total. The minimum atomic E-state index is 0.0837. The molecule has 0 radical (unpaired) electrons. The van der Waals surface area contributed by atoms with E-state index < -0.39 is 0 Å². The Hall–Kier alpha value is -5.48. The van der Waals surface area contributed by atoms with Crippen molar-refractivity contribution in [3.05, 3.63) is 158 Å². The highest BCUT2D eigenvalue weighted by Crippen LogP contribution is 2.44. The van der Waals surface area contributed by atoms with E-state index >= 15 is 0 Å². The van der Waals surface area contributed by atoms with Gasteiger partial charge in [-0.25, -0.2) is 0 Å². The van der Waals surface area contributed by atoms with E-state index in [1.54, 1.807) is 12.1 Å². The van der Waals surface area contributed by atoms with E-state index in [1.165, 1.54) is 0 Å². The van der Waals surface area contributed by atoms with Gasteiger partial charge in [0.2, 0.25) is 0 Å². The van der Waals surface area contributed by atoms with E-state index in [-0.39, 0.29) is 11.5 Å². The van der Waals surface area contributed by atoms with Crippen molar-refractivity contribution in [3.8, 4) is 22.6 Å². The lowest BCUT2D eigenvalue weighted by molar-refractivity contribution is 0.469. The number of aromatic hydroxyl groups is 2. The summed E-state index contributed by atoms with van der Waals surface area (Å²) >= 11 is 0. The number of phenols is 2. The van der Waals surface area contributed by atoms with Gasteiger partial charge in [-0.15, -0.1) is 0 Å². The Morgan fingerprint density at radius 2 is 0.575 bits per heavy atom. The number of benzene rings is 6. The lowest BCUT2D eigenvalue weighted by Crippen LogP contribution is -2.10. The molecule has 0 atom stereocenters. The van der Waals surface area contributed by atoms with Crippen molar-refractivity contribution in [3.63, 3.8) is 0 Å². The average molecular weight is 521 g/mol. The second kappa shape index (κ2) is 11.1. The molecule has 0 fully saturated rings. The zero-order valence-electron chi connectivity index (χ0n) is 21.8. The highest BCUT2D eigenvalue weighted by Gasteiger charge is 2.18. The molecule has 0 bridgehead atoms. The monoisotopic (exact) mass is 520 g/mol. The Morgan fingerprint density at radius 3 is 0.825 bits per heavy atom. The largest absolute Gasteiger partial charge is 0.507 e. The molecule has 40 heavy (non-hydrogen) atoms. The van der Waals surface area contributed by atoms with Crippen LogP contribution in [0, 0.1) is 0 Å². The first-order valence-electron chi connectivity index (χ1n) is 13.2. The maximum atomic E-state index is 11.2. The van der Waals surface area contributed by atoms with Crippen LogP contribution in [0.25, 0.3) is 11.1 Å². The second-order valence-electron chi connectivity index (χ2n) is 9.42. The quantitative estimate of drug-likeness (QED) is 0.220. The van der Waals surface area contributed by atoms with Crippen LogP contribution in [0.1, 0.15) is 0 Å². The van der Waals surface area contributed by atoms with Crippen LogP contribution < -0.4 is 9.80 Å². The molecule has 0 unspecified atom stereocenters. The third kappa shape index (κ3) is 4.98. The standard InChI is InChI=1S/C36H28N2O2/c39-35-25-31(37(27-13-5-1-6-14-27)28-15-7-2-8-16-28)21-23-33(35)34-24-22-32(26-36(34)40)38(29-17-9-3-10-18-29)30-19-11-4-12-20-30/h1-26,39-40H. The van der Waals surface area contributed by atoms with Gasteiger partial charge in [-0.2, -0.15) is 0 Å². The molecule has 4 nitrogen and oxygen atoms in total. The van der Waals surface area contributed by atoms with Crippen LogP contribution in [0.3, 0.4) is 0 Å². The summed E-state index contributed by atoms with van der Waals surface area (Å²) in [6.45, 7) is 0. The normalized spacial score (nSPS) is 10.7. The summed E-state index contributed by atoms with van der Waals surface area (Å²) in [5.41, 5.74) is 6.66. The fourth-order valence-corrected chi connectivity index (χ4v) is 4.98. The Kier molecular flexibility index (Phi) is 6.89. The number of nitrogens with zero attached hydrogens (tertiary/aromatic N) is 2. The first-order valence-corrected chi connectivity index (χ1v) is 13.2. The molecule has 4 heteroatoms. The Labute approximate surface area is 234 Å². The van der Waals surface area contributed by atoms with Crippen LogP contribution in [0.5, 0.6) is 11.5 Å². The molecular formula is C36H28N2O2. The molecular weight excluding hydrogens is 492 g/mol. The molecule has 0 aliphatic heterocycles. The maximum Gasteiger partial charge on any atom is 0.125 e. The molecule has 0 saturated heterocycles. The lowest BCUT2D eigenvalue weighted by Gasteiger charge is -2.26. The highest BCUT2D eigenvalue weighted by molar-refractivity contribution is 5.85. The number of para-hydroxylation sites is 4. The van der Waals surface area contributed by atoms with Crippen LogP contribution in [0.15, 0.2) is 158 Å². The van der Waals surface area contributed by atoms with Crippen LogP contribution in [0.2, 0.25) is 0 Å². The number of hydrogen-bond donors (Lipinski definition) is 2. The average Bonchev–Trinajstić information content (AvgIpc) is 3.00. The van der Waals surface area contributed by atoms with E-state index in [9.17, 15) is 10.2 Å². The Balaban J connectivity index is 1.38. The van der Waals surface area contributed by atoms with Gasteiger partial charge in [-0.1, -0.05) is 72.8 Å². The van der Waals surface area contributed by atoms with Crippen LogP contribution in [-0.4, -0.2) is 10.2 Å². The highest BCUT2D eigenvalue weighted by atomic mass is 16.3. The summed E-state index contributed by atoms with van der Waals surface area (Å²) in [5, 5.41) is 22.4. The van der Waals surface area contributed by atoms with E-state index in [0.717, 1.165) is 34.1 Å². The fourth-order valence-electron chi connectivity index (χ4n) is 4.98. The smallest absolute Gasteiger partial charge is 0.125 e. The fraction of sp³-hybridized carbons (Fsp3) is 0. The Morgan fingerprint density at radius 1 is 0.300 bits per heavy atom. The first-order chi connectivity index (χ1) is 19.7. The van der Waals surface area contributed by atoms with Crippen molar-refractivity contribution in [1.29, 1.82) is 0 Å². The van der Waals surface area contributed by atoms with Crippen LogP contribution in [-0.2, 0) is 0 Å². The van der Waals surface area contributed by atoms with Crippen LogP contribution >= 0.6 is 0 Å². The summed E-state index contributed by atoms with van der Waals surface area (Å²) in [7, 11) is 0. The predicted molar refractivity (Wildman–Crippen MR) is 165 cm³/mol. The summed E-state index contributed by atoms with van der Waals surface area (Å²) < 4.78 is 0. The number of anilines is 6. The summed E-state index contributed by atoms with van der Waals surface area (Å²) in [5.74, 6) is 0.167. The van der Waals surface area contributed by atoms with Crippen molar-refractivity contribution in [2.75, 3.05) is 9.80 Å². The number of rotatable bonds is 7. The molecule has 0 aliphatic rings. The first kappa shape index (κ1) is 24.8. The van der Waals surface area contributed by atoms with E-state index in [0.29, 0.717) is 11.1 Å². The summed E-state index contributed by atoms with van der Waals surface area (Å²) in [4.78, 5) is 4.17. The van der Waals surface area contributed by atoms with Gasteiger partial charge in [0, 0.05) is 57.4 Å². The van der Waals surface area contributed by atoms with Crippen molar-refractivity contribution in [2.24, 2.45) is 0 Å². The minimum Gasteiger partial charge on any atom is -0.507 e. The van der Waals surface area contributed by atoms with E-state index in [1.807, 2.05) is 146 Å². The lowest BCUT2D eigenvalue weighted by atomic mass is 10.0. The maximum absolute atomic E-state index is 11.2. The zero-order chi connectivity index (χ0) is 27.3. The van der Waals surface area contributed by atoms with Gasteiger partial charge < -0.3 is 20.0 Å². The third-order valence-electron chi connectivity index (χ3n) is 6.83. The van der Waals surface area contributed by atoms with Crippen molar-refractivity contribution >= 4 is 34.1 Å². The van der Waals surface area contributed by atoms with Crippen molar-refractivity contribution in [1.82, 2.24) is 0 Å². The van der Waals surface area contributed by atoms with Crippen molar-refractivity contribution < 1.29 is 10.2 Å². The molecule has 0 amide bonds. The Bertz CT molecular complexity index is 1500.